The highest BCUT2D eigenvalue weighted by atomic mass is 16.5. The summed E-state index contributed by atoms with van der Waals surface area (Å²) < 4.78 is 9.11. The number of hydrogen-bond donors (Lipinski definition) is 1. The summed E-state index contributed by atoms with van der Waals surface area (Å²) in [5, 5.41) is 6.85. The van der Waals surface area contributed by atoms with E-state index >= 15 is 0 Å². The lowest BCUT2D eigenvalue weighted by atomic mass is 10.3. The van der Waals surface area contributed by atoms with E-state index in [4.69, 9.17) is 0 Å². The van der Waals surface area contributed by atoms with E-state index in [0.717, 1.165) is 25.9 Å². The molecule has 1 heterocycles. The molecule has 0 aromatic carbocycles. The molecular formula is C9H15N3O3. The van der Waals surface area contributed by atoms with E-state index in [1.165, 1.54) is 13.5 Å². The van der Waals surface area contributed by atoms with Crippen LogP contribution in [0.2, 0.25) is 0 Å². The van der Waals surface area contributed by atoms with Crippen LogP contribution in [0.25, 0.3) is 0 Å². The number of methoxy groups -OCH3 is 1. The summed E-state index contributed by atoms with van der Waals surface area (Å²) in [4.78, 5) is 14.6. The van der Waals surface area contributed by atoms with Crippen LogP contribution in [0.4, 0.5) is 0 Å². The third-order valence-electron chi connectivity index (χ3n) is 1.89. The number of carbonyl (C=O) groups is 1. The molecule has 15 heavy (non-hydrogen) atoms. The highest BCUT2D eigenvalue weighted by Crippen LogP contribution is 1.91. The van der Waals surface area contributed by atoms with E-state index in [9.17, 15) is 4.79 Å². The molecule has 6 heteroatoms. The van der Waals surface area contributed by atoms with Crippen LogP contribution in [0, 0.1) is 0 Å². The molecule has 0 aliphatic rings. The predicted octanol–water partition coefficient (Wildman–Crippen LogP) is 0.155. The monoisotopic (exact) mass is 213 g/mol. The molecule has 0 unspecified atom stereocenters. The predicted molar refractivity (Wildman–Crippen MR) is 52.1 cm³/mol. The van der Waals surface area contributed by atoms with Gasteiger partial charge in [0.1, 0.15) is 0 Å². The summed E-state index contributed by atoms with van der Waals surface area (Å²) in [6.45, 7) is 1.56. The van der Waals surface area contributed by atoms with E-state index in [0.29, 0.717) is 12.2 Å². The first kappa shape index (κ1) is 11.6. The van der Waals surface area contributed by atoms with Crippen molar-refractivity contribution in [2.75, 3.05) is 20.2 Å². The molecule has 0 aliphatic carbocycles. The number of nitrogens with zero attached hydrogens (tertiary/aromatic N) is 2. The Morgan fingerprint density at radius 1 is 1.60 bits per heavy atom. The lowest BCUT2D eigenvalue weighted by Gasteiger charge is -2.01. The topological polar surface area (TPSA) is 77.2 Å². The van der Waals surface area contributed by atoms with E-state index in [1.54, 1.807) is 0 Å². The molecule has 0 amide bonds. The lowest BCUT2D eigenvalue weighted by Crippen LogP contribution is -2.19. The Bertz CT molecular complexity index is 274. The highest BCUT2D eigenvalue weighted by Gasteiger charge is 2.00. The fraction of sp³-hybridized carbons (Fsp3) is 0.667. The molecule has 6 nitrogen and oxygen atoms in total. The summed E-state index contributed by atoms with van der Waals surface area (Å²) in [6.07, 6.45) is 3.27. The second-order valence-electron chi connectivity index (χ2n) is 3.03. The molecule has 0 bridgehead atoms. The zero-order chi connectivity index (χ0) is 10.9. The molecule has 0 saturated carbocycles. The minimum atomic E-state index is -0.171. The van der Waals surface area contributed by atoms with Crippen molar-refractivity contribution in [3.63, 3.8) is 0 Å². The maximum atomic E-state index is 10.7. The quantitative estimate of drug-likeness (QED) is 0.513. The second-order valence-corrected chi connectivity index (χ2v) is 3.03. The molecule has 1 aromatic rings. The fourth-order valence-electron chi connectivity index (χ4n) is 1.09. The summed E-state index contributed by atoms with van der Waals surface area (Å²) in [6, 6.07) is 0. The average Bonchev–Trinajstić information content (AvgIpc) is 2.75. The Balaban J connectivity index is 1.91. The van der Waals surface area contributed by atoms with Gasteiger partial charge in [-0.2, -0.15) is 4.98 Å². The maximum absolute atomic E-state index is 10.7. The first-order valence-electron chi connectivity index (χ1n) is 4.85. The van der Waals surface area contributed by atoms with Gasteiger partial charge in [0, 0.05) is 19.4 Å². The molecule has 0 aliphatic heterocycles. The average molecular weight is 213 g/mol. The summed E-state index contributed by atoms with van der Waals surface area (Å²) in [7, 11) is 1.39. The van der Waals surface area contributed by atoms with Gasteiger partial charge in [0.25, 0.3) is 0 Å². The van der Waals surface area contributed by atoms with Gasteiger partial charge in [-0.3, -0.25) is 4.79 Å². The molecule has 1 rings (SSSR count). The van der Waals surface area contributed by atoms with Crippen molar-refractivity contribution in [2.45, 2.75) is 19.3 Å². The van der Waals surface area contributed by atoms with Crippen LogP contribution >= 0.6 is 0 Å². The molecule has 0 saturated heterocycles. The molecule has 0 spiro atoms. The Morgan fingerprint density at radius 3 is 3.13 bits per heavy atom. The number of rotatable bonds is 7. The van der Waals surface area contributed by atoms with Crippen molar-refractivity contribution in [1.29, 1.82) is 0 Å². The van der Waals surface area contributed by atoms with Gasteiger partial charge in [-0.25, -0.2) is 0 Å². The van der Waals surface area contributed by atoms with Crippen molar-refractivity contribution >= 4 is 5.97 Å². The van der Waals surface area contributed by atoms with E-state index in [-0.39, 0.29) is 5.97 Å². The Hall–Kier alpha value is -1.43. The van der Waals surface area contributed by atoms with Gasteiger partial charge in [-0.1, -0.05) is 5.16 Å². The lowest BCUT2D eigenvalue weighted by molar-refractivity contribution is -0.140. The first-order valence-corrected chi connectivity index (χ1v) is 4.85. The van der Waals surface area contributed by atoms with Crippen LogP contribution in [-0.2, 0) is 16.0 Å². The van der Waals surface area contributed by atoms with Gasteiger partial charge in [-0.05, 0) is 13.0 Å². The zero-order valence-corrected chi connectivity index (χ0v) is 8.73. The SMILES string of the molecule is COC(=O)CCCNCCc1ncon1. The van der Waals surface area contributed by atoms with Crippen molar-refractivity contribution < 1.29 is 14.1 Å². The number of hydrogen-bond acceptors (Lipinski definition) is 6. The van der Waals surface area contributed by atoms with Crippen molar-refractivity contribution in [3.05, 3.63) is 12.2 Å². The summed E-state index contributed by atoms with van der Waals surface area (Å²) in [5.74, 6) is 0.519. The highest BCUT2D eigenvalue weighted by molar-refractivity contribution is 5.68. The standard InChI is InChI=1S/C9H15N3O3/c1-14-9(13)3-2-5-10-6-4-8-11-7-15-12-8/h7,10H,2-6H2,1H3. The van der Waals surface area contributed by atoms with Crippen LogP contribution < -0.4 is 5.32 Å². The Kier molecular flexibility index (Phi) is 5.39. The molecule has 0 fully saturated rings. The van der Waals surface area contributed by atoms with Crippen molar-refractivity contribution in [3.8, 4) is 0 Å². The number of aromatic nitrogens is 2. The largest absolute Gasteiger partial charge is 0.469 e. The maximum Gasteiger partial charge on any atom is 0.305 e. The van der Waals surface area contributed by atoms with E-state index in [2.05, 4.69) is 24.7 Å². The number of esters is 1. The second kappa shape index (κ2) is 6.94. The van der Waals surface area contributed by atoms with Gasteiger partial charge in [0.15, 0.2) is 5.82 Å². The number of nitrogens with one attached hydrogen (secondary N) is 1. The first-order chi connectivity index (χ1) is 7.33. The van der Waals surface area contributed by atoms with Gasteiger partial charge in [-0.15, -0.1) is 0 Å². The van der Waals surface area contributed by atoms with E-state index in [1.807, 2.05) is 0 Å². The van der Waals surface area contributed by atoms with Crippen molar-refractivity contribution in [1.82, 2.24) is 15.5 Å². The van der Waals surface area contributed by atoms with Crippen LogP contribution in [0.15, 0.2) is 10.9 Å². The van der Waals surface area contributed by atoms with Crippen molar-refractivity contribution in [2.24, 2.45) is 0 Å². The smallest absolute Gasteiger partial charge is 0.305 e. The molecular weight excluding hydrogens is 198 g/mol. The van der Waals surface area contributed by atoms with Crippen LogP contribution in [0.5, 0.6) is 0 Å². The Labute approximate surface area is 88.0 Å². The zero-order valence-electron chi connectivity index (χ0n) is 8.73. The minimum absolute atomic E-state index is 0.171. The van der Waals surface area contributed by atoms with Gasteiger partial charge in [0.05, 0.1) is 7.11 Å². The molecule has 1 aromatic heterocycles. The van der Waals surface area contributed by atoms with Crippen LogP contribution in [0.1, 0.15) is 18.7 Å². The van der Waals surface area contributed by atoms with Crippen LogP contribution in [0.3, 0.4) is 0 Å². The van der Waals surface area contributed by atoms with E-state index < -0.39 is 0 Å². The molecule has 84 valence electrons. The number of ether oxygens (including phenoxy) is 1. The summed E-state index contributed by atoms with van der Waals surface area (Å²) >= 11 is 0. The van der Waals surface area contributed by atoms with Gasteiger partial charge < -0.3 is 14.6 Å². The molecule has 1 N–H and O–H groups in total. The Morgan fingerprint density at radius 2 is 2.47 bits per heavy atom. The summed E-state index contributed by atoms with van der Waals surface area (Å²) in [5.41, 5.74) is 0. The van der Waals surface area contributed by atoms with Gasteiger partial charge in [0.2, 0.25) is 6.39 Å². The number of carbonyl (C=O) groups excluding carboxylic acids is 1. The third-order valence-corrected chi connectivity index (χ3v) is 1.89. The van der Waals surface area contributed by atoms with Crippen LogP contribution in [-0.4, -0.2) is 36.3 Å². The minimum Gasteiger partial charge on any atom is -0.469 e. The van der Waals surface area contributed by atoms with Gasteiger partial charge >= 0.3 is 5.97 Å². The molecule has 0 atom stereocenters. The normalized spacial score (nSPS) is 10.2. The third kappa shape index (κ3) is 5.11. The fourth-order valence-corrected chi connectivity index (χ4v) is 1.09. The molecule has 0 radical (unpaired) electrons.